The Kier molecular flexibility index (Phi) is 5.78. The molecule has 0 atom stereocenters. The summed E-state index contributed by atoms with van der Waals surface area (Å²) in [5.74, 6) is 0.291. The minimum Gasteiger partial charge on any atom is -0.354 e. The number of nitrogens with zero attached hydrogens (tertiary/aromatic N) is 2. The molecule has 1 aromatic carbocycles. The van der Waals surface area contributed by atoms with E-state index < -0.39 is 21.7 Å². The normalized spacial score (nSPS) is 32.9. The van der Waals surface area contributed by atoms with Crippen LogP contribution in [0.25, 0.3) is 0 Å². The van der Waals surface area contributed by atoms with Gasteiger partial charge in [0, 0.05) is 32.7 Å². The summed E-state index contributed by atoms with van der Waals surface area (Å²) in [6.45, 7) is 2.29. The molecule has 9 heteroatoms. The van der Waals surface area contributed by atoms with E-state index in [-0.39, 0.29) is 30.4 Å². The van der Waals surface area contributed by atoms with Crippen LogP contribution in [0.3, 0.4) is 0 Å². The van der Waals surface area contributed by atoms with Gasteiger partial charge in [-0.25, -0.2) is 17.2 Å². The van der Waals surface area contributed by atoms with Gasteiger partial charge < -0.3 is 5.32 Å². The highest BCUT2D eigenvalue weighted by Crippen LogP contribution is 2.59. The Bertz CT molecular complexity index is 957. The Labute approximate surface area is 188 Å². The van der Waals surface area contributed by atoms with E-state index in [0.29, 0.717) is 18.5 Å². The number of carbonyl (C=O) groups is 1. The van der Waals surface area contributed by atoms with Crippen LogP contribution in [0.1, 0.15) is 38.5 Å². The zero-order chi connectivity index (χ0) is 22.5. The molecule has 1 heterocycles. The molecule has 0 radical (unpaired) electrons. The Morgan fingerprint density at radius 3 is 2.12 bits per heavy atom. The summed E-state index contributed by atoms with van der Waals surface area (Å²) in [5, 5.41) is 3.18. The Hall–Kier alpha value is -1.58. The van der Waals surface area contributed by atoms with Crippen molar-refractivity contribution < 1.29 is 22.0 Å². The van der Waals surface area contributed by atoms with Crippen LogP contribution in [-0.4, -0.2) is 62.8 Å². The Morgan fingerprint density at radius 2 is 1.56 bits per heavy atom. The van der Waals surface area contributed by atoms with E-state index in [0.717, 1.165) is 42.5 Å². The topological polar surface area (TPSA) is 69.7 Å². The second kappa shape index (κ2) is 8.33. The third-order valence-electron chi connectivity index (χ3n) is 8.05. The van der Waals surface area contributed by atoms with Gasteiger partial charge in [-0.2, -0.15) is 4.31 Å². The fraction of sp³-hybridized carbons (Fsp3) is 0.696. The zero-order valence-corrected chi connectivity index (χ0v) is 19.0. The monoisotopic (exact) mass is 467 g/mol. The lowest BCUT2D eigenvalue weighted by Gasteiger charge is -2.57. The minimum absolute atomic E-state index is 0.00217. The second-order valence-electron chi connectivity index (χ2n) is 10.5. The minimum atomic E-state index is -3.89. The lowest BCUT2D eigenvalue weighted by Crippen LogP contribution is -2.53. The van der Waals surface area contributed by atoms with Gasteiger partial charge in [0.1, 0.15) is 0 Å². The first-order valence-electron chi connectivity index (χ1n) is 11.7. The molecule has 6 rings (SSSR count). The first-order chi connectivity index (χ1) is 15.2. The fourth-order valence-electron chi connectivity index (χ4n) is 6.97. The molecule has 0 spiro atoms. The third kappa shape index (κ3) is 4.31. The van der Waals surface area contributed by atoms with Gasteiger partial charge >= 0.3 is 0 Å². The highest BCUT2D eigenvalue weighted by atomic mass is 32.2. The van der Waals surface area contributed by atoms with Gasteiger partial charge in [-0.05, 0) is 79.9 Å². The van der Waals surface area contributed by atoms with Crippen molar-refractivity contribution in [3.63, 3.8) is 0 Å². The molecule has 0 unspecified atom stereocenters. The van der Waals surface area contributed by atoms with Crippen LogP contribution >= 0.6 is 0 Å². The molecule has 4 aliphatic carbocycles. The Morgan fingerprint density at radius 1 is 0.969 bits per heavy atom. The van der Waals surface area contributed by atoms with Gasteiger partial charge in [0.15, 0.2) is 11.6 Å². The number of hydrogen-bond acceptors (Lipinski definition) is 4. The summed E-state index contributed by atoms with van der Waals surface area (Å²) >= 11 is 0. The maximum absolute atomic E-state index is 13.5. The molecule has 4 bridgehead atoms. The molecule has 6 nitrogen and oxygen atoms in total. The number of piperazine rings is 1. The van der Waals surface area contributed by atoms with E-state index in [2.05, 4.69) is 5.32 Å². The standard InChI is InChI=1S/C23H31F2N3O3S/c24-20-2-1-19(10-21(20)25)32(30,31)28-5-3-27(4-6-28)14-22(29)26-15-23-11-16-7-17(12-23)9-18(8-16)13-23/h1-2,10,16-18H,3-9,11-15H2,(H,26,29). The quantitative estimate of drug-likeness (QED) is 0.698. The molecule has 1 saturated heterocycles. The van der Waals surface area contributed by atoms with Crippen molar-refractivity contribution >= 4 is 15.9 Å². The average molecular weight is 468 g/mol. The van der Waals surface area contributed by atoms with Gasteiger partial charge in [0.25, 0.3) is 0 Å². The number of rotatable bonds is 6. The van der Waals surface area contributed by atoms with Crippen molar-refractivity contribution in [2.45, 2.75) is 43.4 Å². The molecule has 1 amide bonds. The maximum Gasteiger partial charge on any atom is 0.243 e. The van der Waals surface area contributed by atoms with Crippen LogP contribution in [0.2, 0.25) is 0 Å². The van der Waals surface area contributed by atoms with Crippen LogP contribution in [0, 0.1) is 34.8 Å². The summed E-state index contributed by atoms with van der Waals surface area (Å²) in [4.78, 5) is 14.3. The average Bonchev–Trinajstić information content (AvgIpc) is 2.74. The highest BCUT2D eigenvalue weighted by Gasteiger charge is 2.50. The number of carbonyl (C=O) groups excluding carboxylic acids is 1. The summed E-state index contributed by atoms with van der Waals surface area (Å²) in [5.41, 5.74) is 0.293. The van der Waals surface area contributed by atoms with Gasteiger partial charge in [-0.3, -0.25) is 9.69 Å². The van der Waals surface area contributed by atoms with Crippen molar-refractivity contribution in [3.8, 4) is 0 Å². The van der Waals surface area contributed by atoms with Crippen molar-refractivity contribution in [1.82, 2.24) is 14.5 Å². The number of benzene rings is 1. The number of amides is 1. The first-order valence-corrected chi connectivity index (χ1v) is 13.1. The summed E-state index contributed by atoms with van der Waals surface area (Å²) in [7, 11) is -3.89. The molecule has 5 fully saturated rings. The molecule has 0 aromatic heterocycles. The lowest BCUT2D eigenvalue weighted by atomic mass is 9.49. The van der Waals surface area contributed by atoms with Gasteiger partial charge in [0.05, 0.1) is 11.4 Å². The summed E-state index contributed by atoms with van der Waals surface area (Å²) in [6, 6.07) is 2.62. The van der Waals surface area contributed by atoms with Crippen molar-refractivity contribution in [2.24, 2.45) is 23.2 Å². The third-order valence-corrected chi connectivity index (χ3v) is 9.95. The lowest BCUT2D eigenvalue weighted by molar-refractivity contribution is -0.124. The van der Waals surface area contributed by atoms with Crippen molar-refractivity contribution in [3.05, 3.63) is 29.8 Å². The Balaban J connectivity index is 1.11. The molecular weight excluding hydrogens is 436 g/mol. The SMILES string of the molecule is O=C(CN1CCN(S(=O)(=O)c2ccc(F)c(F)c2)CC1)NCC12CC3CC(CC(C3)C1)C2. The zero-order valence-electron chi connectivity index (χ0n) is 18.2. The van der Waals surface area contributed by atoms with E-state index in [1.807, 2.05) is 4.90 Å². The molecule has 32 heavy (non-hydrogen) atoms. The van der Waals surface area contributed by atoms with Crippen LogP contribution in [-0.2, 0) is 14.8 Å². The predicted octanol–water partition coefficient (Wildman–Crippen LogP) is 2.60. The number of sulfonamides is 1. The van der Waals surface area contributed by atoms with Crippen LogP contribution < -0.4 is 5.32 Å². The van der Waals surface area contributed by atoms with Crippen LogP contribution in [0.5, 0.6) is 0 Å². The van der Waals surface area contributed by atoms with E-state index >= 15 is 0 Å². The van der Waals surface area contributed by atoms with E-state index in [9.17, 15) is 22.0 Å². The fourth-order valence-corrected chi connectivity index (χ4v) is 8.40. The maximum atomic E-state index is 13.5. The number of hydrogen-bond donors (Lipinski definition) is 1. The van der Waals surface area contributed by atoms with Gasteiger partial charge in [-0.1, -0.05) is 0 Å². The molecule has 1 aromatic rings. The summed E-state index contributed by atoms with van der Waals surface area (Å²) < 4.78 is 53.3. The molecule has 4 saturated carbocycles. The smallest absolute Gasteiger partial charge is 0.243 e. The summed E-state index contributed by atoms with van der Waals surface area (Å²) in [6.07, 6.45) is 7.89. The highest BCUT2D eigenvalue weighted by molar-refractivity contribution is 7.89. The van der Waals surface area contributed by atoms with Gasteiger partial charge in [-0.15, -0.1) is 0 Å². The predicted molar refractivity (Wildman–Crippen MR) is 115 cm³/mol. The molecule has 176 valence electrons. The molecule has 1 N–H and O–H groups in total. The first kappa shape index (κ1) is 22.2. The molecule has 5 aliphatic rings. The van der Waals surface area contributed by atoms with Crippen LogP contribution in [0.4, 0.5) is 8.78 Å². The van der Waals surface area contributed by atoms with E-state index in [4.69, 9.17) is 0 Å². The van der Waals surface area contributed by atoms with Crippen molar-refractivity contribution in [2.75, 3.05) is 39.3 Å². The number of nitrogens with one attached hydrogen (secondary N) is 1. The van der Waals surface area contributed by atoms with Crippen molar-refractivity contribution in [1.29, 1.82) is 0 Å². The molecule has 1 aliphatic heterocycles. The van der Waals surface area contributed by atoms with E-state index in [1.54, 1.807) is 0 Å². The van der Waals surface area contributed by atoms with Crippen LogP contribution in [0.15, 0.2) is 23.1 Å². The largest absolute Gasteiger partial charge is 0.354 e. The second-order valence-corrected chi connectivity index (χ2v) is 12.4. The van der Waals surface area contributed by atoms with Gasteiger partial charge in [0.2, 0.25) is 15.9 Å². The molecular formula is C23H31F2N3O3S. The number of halogens is 2. The van der Waals surface area contributed by atoms with E-state index in [1.165, 1.54) is 42.8 Å².